The van der Waals surface area contributed by atoms with Gasteiger partial charge in [-0.05, 0) is 12.5 Å². The van der Waals surface area contributed by atoms with E-state index in [1.54, 1.807) is 0 Å². The Morgan fingerprint density at radius 1 is 1.06 bits per heavy atom. The Morgan fingerprint density at radius 2 is 1.71 bits per heavy atom. The van der Waals surface area contributed by atoms with E-state index in [4.69, 9.17) is 0 Å². The van der Waals surface area contributed by atoms with E-state index in [0.717, 1.165) is 17.2 Å². The van der Waals surface area contributed by atoms with Gasteiger partial charge in [0.05, 0.1) is 0 Å². The molecule has 3 nitrogen and oxygen atoms in total. The van der Waals surface area contributed by atoms with E-state index in [0.29, 0.717) is 0 Å². The minimum absolute atomic E-state index is 0.0166. The smallest absolute Gasteiger partial charge is 0.163 e. The van der Waals surface area contributed by atoms with Gasteiger partial charge in [0.15, 0.2) is 5.82 Å². The first-order chi connectivity index (χ1) is 7.91. The van der Waals surface area contributed by atoms with Crippen molar-refractivity contribution in [2.75, 3.05) is 0 Å². The zero-order chi connectivity index (χ0) is 12.6. The average Bonchev–Trinajstić information content (AvgIpc) is 2.60. The van der Waals surface area contributed by atoms with Gasteiger partial charge < -0.3 is 4.57 Å². The fourth-order valence-electron chi connectivity index (χ4n) is 2.04. The highest BCUT2D eigenvalue weighted by atomic mass is 15.3. The maximum atomic E-state index is 4.33. The van der Waals surface area contributed by atoms with Gasteiger partial charge in [-0.3, -0.25) is 0 Å². The minimum atomic E-state index is 0.0166. The number of hydrogen-bond donors (Lipinski definition) is 0. The highest BCUT2D eigenvalue weighted by molar-refractivity contribution is 5.60. The molecule has 3 heteroatoms. The molecule has 1 aromatic heterocycles. The standard InChI is InChI=1S/C14H19N3/c1-10-8-6-7-9-11(10)12-15-16-13(17(12)5)14(2,3)4/h6-9H,1-5H3. The van der Waals surface area contributed by atoms with Crippen LogP contribution in [0.2, 0.25) is 0 Å². The van der Waals surface area contributed by atoms with Crippen LogP contribution in [0.1, 0.15) is 32.2 Å². The number of hydrogen-bond acceptors (Lipinski definition) is 2. The Labute approximate surface area is 103 Å². The Hall–Kier alpha value is -1.64. The quantitative estimate of drug-likeness (QED) is 0.752. The summed E-state index contributed by atoms with van der Waals surface area (Å²) >= 11 is 0. The summed E-state index contributed by atoms with van der Waals surface area (Å²) in [6.45, 7) is 8.55. The highest BCUT2D eigenvalue weighted by Gasteiger charge is 2.22. The van der Waals surface area contributed by atoms with Crippen LogP contribution in [0.25, 0.3) is 11.4 Å². The normalized spacial score (nSPS) is 11.8. The van der Waals surface area contributed by atoms with Gasteiger partial charge in [-0.15, -0.1) is 10.2 Å². The van der Waals surface area contributed by atoms with Crippen LogP contribution in [0, 0.1) is 6.92 Å². The van der Waals surface area contributed by atoms with Gasteiger partial charge >= 0.3 is 0 Å². The summed E-state index contributed by atoms with van der Waals surface area (Å²) in [7, 11) is 2.03. The molecule has 17 heavy (non-hydrogen) atoms. The average molecular weight is 229 g/mol. The number of aromatic nitrogens is 3. The third-order valence-electron chi connectivity index (χ3n) is 2.93. The van der Waals surface area contributed by atoms with Gasteiger partial charge in [0.25, 0.3) is 0 Å². The van der Waals surface area contributed by atoms with Crippen LogP contribution < -0.4 is 0 Å². The maximum Gasteiger partial charge on any atom is 0.163 e. The predicted molar refractivity (Wildman–Crippen MR) is 69.9 cm³/mol. The van der Waals surface area contributed by atoms with Crippen molar-refractivity contribution in [3.8, 4) is 11.4 Å². The van der Waals surface area contributed by atoms with Gasteiger partial charge in [-0.25, -0.2) is 0 Å². The second kappa shape index (κ2) is 3.99. The summed E-state index contributed by atoms with van der Waals surface area (Å²) < 4.78 is 2.09. The number of benzene rings is 1. The minimum Gasteiger partial charge on any atom is -0.314 e. The first-order valence-corrected chi connectivity index (χ1v) is 5.87. The van der Waals surface area contributed by atoms with Crippen LogP contribution in [-0.4, -0.2) is 14.8 Å². The molecule has 0 fully saturated rings. The molecule has 0 spiro atoms. The van der Waals surface area contributed by atoms with Crippen molar-refractivity contribution in [2.24, 2.45) is 7.05 Å². The molecule has 0 radical (unpaired) electrons. The van der Waals surface area contributed by atoms with Gasteiger partial charge in [-0.1, -0.05) is 45.0 Å². The lowest BCUT2D eigenvalue weighted by molar-refractivity contribution is 0.521. The summed E-state index contributed by atoms with van der Waals surface area (Å²) in [6.07, 6.45) is 0. The maximum absolute atomic E-state index is 4.33. The van der Waals surface area contributed by atoms with Gasteiger partial charge in [0.1, 0.15) is 5.82 Å². The molecular formula is C14H19N3. The summed E-state index contributed by atoms with van der Waals surface area (Å²) in [5.41, 5.74) is 2.39. The molecule has 0 N–H and O–H groups in total. The van der Waals surface area contributed by atoms with Crippen LogP contribution in [0.4, 0.5) is 0 Å². The van der Waals surface area contributed by atoms with E-state index in [1.807, 2.05) is 19.2 Å². The summed E-state index contributed by atoms with van der Waals surface area (Å²) in [5, 5.41) is 8.64. The molecule has 0 bridgehead atoms. The number of aryl methyl sites for hydroxylation is 1. The second-order valence-corrected chi connectivity index (χ2v) is 5.47. The zero-order valence-corrected chi connectivity index (χ0v) is 11.2. The van der Waals surface area contributed by atoms with E-state index in [9.17, 15) is 0 Å². The Kier molecular flexibility index (Phi) is 2.77. The fourth-order valence-corrected chi connectivity index (χ4v) is 2.04. The van der Waals surface area contributed by atoms with Crippen LogP contribution in [0.5, 0.6) is 0 Å². The first-order valence-electron chi connectivity index (χ1n) is 5.87. The molecule has 0 aliphatic heterocycles. The van der Waals surface area contributed by atoms with E-state index >= 15 is 0 Å². The van der Waals surface area contributed by atoms with Gasteiger partial charge in [-0.2, -0.15) is 0 Å². The zero-order valence-electron chi connectivity index (χ0n) is 11.2. The van der Waals surface area contributed by atoms with E-state index < -0.39 is 0 Å². The molecule has 0 unspecified atom stereocenters. The van der Waals surface area contributed by atoms with Gasteiger partial charge in [0, 0.05) is 18.0 Å². The molecule has 0 aliphatic rings. The Morgan fingerprint density at radius 3 is 2.24 bits per heavy atom. The summed E-state index contributed by atoms with van der Waals surface area (Å²) in [4.78, 5) is 0. The molecule has 0 saturated carbocycles. The van der Waals surface area contributed by atoms with E-state index in [2.05, 4.69) is 54.6 Å². The third-order valence-corrected chi connectivity index (χ3v) is 2.93. The molecule has 0 amide bonds. The SMILES string of the molecule is Cc1ccccc1-c1nnc(C(C)(C)C)n1C. The molecule has 0 atom stereocenters. The fraction of sp³-hybridized carbons (Fsp3) is 0.429. The summed E-state index contributed by atoms with van der Waals surface area (Å²) in [6, 6.07) is 8.26. The lowest BCUT2D eigenvalue weighted by atomic mass is 9.95. The van der Waals surface area contributed by atoms with Crippen LogP contribution >= 0.6 is 0 Å². The molecule has 2 rings (SSSR count). The van der Waals surface area contributed by atoms with Crippen molar-refractivity contribution < 1.29 is 0 Å². The monoisotopic (exact) mass is 229 g/mol. The van der Waals surface area contributed by atoms with Crippen molar-refractivity contribution in [1.82, 2.24) is 14.8 Å². The van der Waals surface area contributed by atoms with Crippen molar-refractivity contribution in [3.05, 3.63) is 35.7 Å². The highest BCUT2D eigenvalue weighted by Crippen LogP contribution is 2.26. The van der Waals surface area contributed by atoms with Crippen molar-refractivity contribution in [2.45, 2.75) is 33.1 Å². The Bertz CT molecular complexity index is 533. The van der Waals surface area contributed by atoms with Crippen LogP contribution in [0.3, 0.4) is 0 Å². The molecule has 90 valence electrons. The molecule has 0 saturated heterocycles. The summed E-state index contributed by atoms with van der Waals surface area (Å²) in [5.74, 6) is 1.95. The van der Waals surface area contributed by atoms with Crippen molar-refractivity contribution in [1.29, 1.82) is 0 Å². The molecule has 2 aromatic rings. The topological polar surface area (TPSA) is 30.7 Å². The number of rotatable bonds is 1. The first kappa shape index (κ1) is 11.8. The molecule has 0 aliphatic carbocycles. The van der Waals surface area contributed by atoms with Gasteiger partial charge in [0.2, 0.25) is 0 Å². The second-order valence-electron chi connectivity index (χ2n) is 5.47. The lowest BCUT2D eigenvalue weighted by Crippen LogP contribution is -2.17. The van der Waals surface area contributed by atoms with Crippen LogP contribution in [-0.2, 0) is 12.5 Å². The third kappa shape index (κ3) is 2.09. The van der Waals surface area contributed by atoms with Crippen molar-refractivity contribution in [3.63, 3.8) is 0 Å². The van der Waals surface area contributed by atoms with Crippen molar-refractivity contribution >= 4 is 0 Å². The largest absolute Gasteiger partial charge is 0.314 e. The predicted octanol–water partition coefficient (Wildman–Crippen LogP) is 3.09. The number of nitrogens with zero attached hydrogens (tertiary/aromatic N) is 3. The van der Waals surface area contributed by atoms with E-state index in [-0.39, 0.29) is 5.41 Å². The lowest BCUT2D eigenvalue weighted by Gasteiger charge is -2.17. The molecule has 1 heterocycles. The Balaban J connectivity index is 2.56. The van der Waals surface area contributed by atoms with Crippen LogP contribution in [0.15, 0.2) is 24.3 Å². The molecular weight excluding hydrogens is 210 g/mol. The molecule has 1 aromatic carbocycles. The van der Waals surface area contributed by atoms with E-state index in [1.165, 1.54) is 5.56 Å².